The van der Waals surface area contributed by atoms with Crippen molar-refractivity contribution in [2.75, 3.05) is 40.3 Å². The average molecular weight is 356 g/mol. The molecule has 0 saturated heterocycles. The van der Waals surface area contributed by atoms with E-state index in [2.05, 4.69) is 79.1 Å². The van der Waals surface area contributed by atoms with E-state index in [0.717, 1.165) is 25.9 Å². The van der Waals surface area contributed by atoms with Gasteiger partial charge in [-0.25, -0.2) is 0 Å². The second kappa shape index (κ2) is 14.5. The molecule has 0 unspecified atom stereocenters. The lowest BCUT2D eigenvalue weighted by atomic mass is 10.1. The lowest BCUT2D eigenvalue weighted by Crippen LogP contribution is -2.22. The first-order valence-electron chi connectivity index (χ1n) is 9.96. The highest BCUT2D eigenvalue weighted by Crippen LogP contribution is 2.00. The number of nitrogens with zero attached hydrogens (tertiary/aromatic N) is 3. The standard InChI is InChI=1S/C12H19N.C11H18N2/c1-3-10-13(2)11-9-12-7-5-4-6-8-12;1-3-9-13(2)10-7-11-6-4-5-8-12-11/h4-8H,3,9-11H2,1-2H3;4-6,8H,3,7,9-10H2,1-2H3. The molecular formula is C23H37N3. The molecule has 0 atom stereocenters. The summed E-state index contributed by atoms with van der Waals surface area (Å²) in [7, 11) is 4.35. The molecule has 0 aliphatic carbocycles. The second-order valence-electron chi connectivity index (χ2n) is 6.91. The van der Waals surface area contributed by atoms with E-state index < -0.39 is 0 Å². The Morgan fingerprint density at radius 3 is 1.81 bits per heavy atom. The van der Waals surface area contributed by atoms with E-state index in [4.69, 9.17) is 0 Å². The Hall–Kier alpha value is -1.71. The molecule has 1 heterocycles. The summed E-state index contributed by atoms with van der Waals surface area (Å²) in [5.74, 6) is 0. The molecule has 144 valence electrons. The molecule has 2 aromatic rings. The van der Waals surface area contributed by atoms with E-state index in [-0.39, 0.29) is 0 Å². The lowest BCUT2D eigenvalue weighted by Gasteiger charge is -2.14. The van der Waals surface area contributed by atoms with E-state index in [0.29, 0.717) is 0 Å². The van der Waals surface area contributed by atoms with Gasteiger partial charge >= 0.3 is 0 Å². The molecule has 0 spiro atoms. The molecule has 0 aliphatic heterocycles. The van der Waals surface area contributed by atoms with Gasteiger partial charge in [-0.1, -0.05) is 50.2 Å². The summed E-state index contributed by atoms with van der Waals surface area (Å²) in [6.45, 7) is 9.07. The van der Waals surface area contributed by atoms with Crippen LogP contribution in [0.3, 0.4) is 0 Å². The van der Waals surface area contributed by atoms with Gasteiger partial charge in [-0.05, 0) is 64.1 Å². The molecule has 0 radical (unpaired) electrons. The smallest absolute Gasteiger partial charge is 0.0416 e. The topological polar surface area (TPSA) is 19.4 Å². The van der Waals surface area contributed by atoms with Crippen LogP contribution in [0.4, 0.5) is 0 Å². The molecule has 0 fully saturated rings. The summed E-state index contributed by atoms with van der Waals surface area (Å²) in [4.78, 5) is 9.01. The Bertz CT molecular complexity index is 490. The van der Waals surface area contributed by atoms with Gasteiger partial charge in [0.05, 0.1) is 0 Å². The molecular weight excluding hydrogens is 318 g/mol. The van der Waals surface area contributed by atoms with Crippen molar-refractivity contribution in [3.05, 3.63) is 66.0 Å². The minimum absolute atomic E-state index is 1.05. The molecule has 2 rings (SSSR count). The van der Waals surface area contributed by atoms with Crippen molar-refractivity contribution in [1.82, 2.24) is 14.8 Å². The Kier molecular flexibility index (Phi) is 12.4. The predicted octanol–water partition coefficient (Wildman–Crippen LogP) is 4.54. The van der Waals surface area contributed by atoms with Crippen molar-refractivity contribution < 1.29 is 0 Å². The third-order valence-corrected chi connectivity index (χ3v) is 4.31. The molecule has 3 nitrogen and oxygen atoms in total. The quantitative estimate of drug-likeness (QED) is 0.624. The van der Waals surface area contributed by atoms with Gasteiger partial charge in [0.1, 0.15) is 0 Å². The van der Waals surface area contributed by atoms with Gasteiger partial charge in [0.2, 0.25) is 0 Å². The first-order valence-corrected chi connectivity index (χ1v) is 9.96. The van der Waals surface area contributed by atoms with Crippen LogP contribution >= 0.6 is 0 Å². The first-order chi connectivity index (χ1) is 12.7. The number of pyridine rings is 1. The molecule has 0 saturated carbocycles. The fourth-order valence-corrected chi connectivity index (χ4v) is 2.80. The van der Waals surface area contributed by atoms with Crippen LogP contribution in [0, 0.1) is 0 Å². The lowest BCUT2D eigenvalue weighted by molar-refractivity contribution is 0.338. The van der Waals surface area contributed by atoms with Crippen molar-refractivity contribution in [2.24, 2.45) is 0 Å². The largest absolute Gasteiger partial charge is 0.306 e. The van der Waals surface area contributed by atoms with Crippen LogP contribution in [0.1, 0.15) is 37.9 Å². The summed E-state index contributed by atoms with van der Waals surface area (Å²) in [6.07, 6.45) is 6.54. The highest BCUT2D eigenvalue weighted by Gasteiger charge is 1.98. The van der Waals surface area contributed by atoms with Gasteiger partial charge in [-0.2, -0.15) is 0 Å². The molecule has 0 amide bonds. The van der Waals surface area contributed by atoms with Crippen LogP contribution in [0.5, 0.6) is 0 Å². The normalized spacial score (nSPS) is 10.7. The van der Waals surface area contributed by atoms with Gasteiger partial charge < -0.3 is 9.80 Å². The minimum atomic E-state index is 1.05. The SMILES string of the molecule is CCCN(C)CCc1ccccc1.CCCN(C)CCc1ccccn1. The monoisotopic (exact) mass is 355 g/mol. The molecule has 3 heteroatoms. The molecule has 0 bridgehead atoms. The maximum atomic E-state index is 4.28. The fraction of sp³-hybridized carbons (Fsp3) is 0.522. The van der Waals surface area contributed by atoms with Gasteiger partial charge in [-0.3, -0.25) is 4.98 Å². The van der Waals surface area contributed by atoms with Crippen LogP contribution in [-0.2, 0) is 12.8 Å². The molecule has 26 heavy (non-hydrogen) atoms. The van der Waals surface area contributed by atoms with Crippen molar-refractivity contribution >= 4 is 0 Å². The fourth-order valence-electron chi connectivity index (χ4n) is 2.80. The van der Waals surface area contributed by atoms with E-state index in [1.807, 2.05) is 18.3 Å². The highest BCUT2D eigenvalue weighted by atomic mass is 15.1. The van der Waals surface area contributed by atoms with Crippen molar-refractivity contribution in [1.29, 1.82) is 0 Å². The van der Waals surface area contributed by atoms with Gasteiger partial charge in [0.15, 0.2) is 0 Å². The zero-order valence-electron chi connectivity index (χ0n) is 17.2. The van der Waals surface area contributed by atoms with E-state index in [9.17, 15) is 0 Å². The van der Waals surface area contributed by atoms with Gasteiger partial charge in [-0.15, -0.1) is 0 Å². The minimum Gasteiger partial charge on any atom is -0.306 e. The van der Waals surface area contributed by atoms with E-state index in [1.165, 1.54) is 37.2 Å². The maximum Gasteiger partial charge on any atom is 0.0416 e. The molecule has 0 aliphatic rings. The number of aromatic nitrogens is 1. The zero-order chi connectivity index (χ0) is 19.0. The van der Waals surface area contributed by atoms with Crippen LogP contribution in [0.25, 0.3) is 0 Å². The molecule has 1 aromatic heterocycles. The molecule has 0 N–H and O–H groups in total. The molecule has 1 aromatic carbocycles. The summed E-state index contributed by atoms with van der Waals surface area (Å²) in [5, 5.41) is 0. The zero-order valence-corrected chi connectivity index (χ0v) is 17.2. The number of likely N-dealkylation sites (N-methyl/N-ethyl adjacent to an activating group) is 2. The summed E-state index contributed by atoms with van der Waals surface area (Å²) in [5.41, 5.74) is 2.62. The number of rotatable bonds is 10. The third-order valence-electron chi connectivity index (χ3n) is 4.31. The van der Waals surface area contributed by atoms with E-state index in [1.54, 1.807) is 0 Å². The average Bonchev–Trinajstić information content (AvgIpc) is 2.67. The van der Waals surface area contributed by atoms with Gasteiger partial charge in [0, 0.05) is 31.4 Å². The number of benzene rings is 1. The Morgan fingerprint density at radius 1 is 0.692 bits per heavy atom. The summed E-state index contributed by atoms with van der Waals surface area (Å²) < 4.78 is 0. The number of hydrogen-bond acceptors (Lipinski definition) is 3. The highest BCUT2D eigenvalue weighted by molar-refractivity contribution is 5.14. The summed E-state index contributed by atoms with van der Waals surface area (Å²) in [6, 6.07) is 16.8. The Balaban J connectivity index is 0.000000260. The van der Waals surface area contributed by atoms with Crippen LogP contribution < -0.4 is 0 Å². The maximum absolute atomic E-state index is 4.28. The van der Waals surface area contributed by atoms with Crippen molar-refractivity contribution in [3.8, 4) is 0 Å². The second-order valence-corrected chi connectivity index (χ2v) is 6.91. The number of hydrogen-bond donors (Lipinski definition) is 0. The van der Waals surface area contributed by atoms with Crippen LogP contribution in [0.15, 0.2) is 54.7 Å². The Morgan fingerprint density at radius 2 is 1.27 bits per heavy atom. The van der Waals surface area contributed by atoms with Gasteiger partial charge in [0.25, 0.3) is 0 Å². The first kappa shape index (κ1) is 22.3. The Labute approximate surface area is 161 Å². The predicted molar refractivity (Wildman–Crippen MR) is 114 cm³/mol. The van der Waals surface area contributed by atoms with Crippen LogP contribution in [-0.4, -0.2) is 55.1 Å². The van der Waals surface area contributed by atoms with Crippen LogP contribution in [0.2, 0.25) is 0 Å². The summed E-state index contributed by atoms with van der Waals surface area (Å²) >= 11 is 0. The van der Waals surface area contributed by atoms with Crippen molar-refractivity contribution in [2.45, 2.75) is 39.5 Å². The van der Waals surface area contributed by atoms with Crippen molar-refractivity contribution in [3.63, 3.8) is 0 Å². The third kappa shape index (κ3) is 11.0. The van der Waals surface area contributed by atoms with E-state index >= 15 is 0 Å².